The molecule has 26 heavy (non-hydrogen) atoms. The quantitative estimate of drug-likeness (QED) is 0.925. The third kappa shape index (κ3) is 3.21. The Bertz CT molecular complexity index is 793. The maximum atomic E-state index is 12.9. The molecule has 3 heterocycles. The van der Waals surface area contributed by atoms with Gasteiger partial charge >= 0.3 is 0 Å². The summed E-state index contributed by atoms with van der Waals surface area (Å²) in [4.78, 5) is 31.0. The van der Waals surface area contributed by atoms with Gasteiger partial charge in [-0.2, -0.15) is 0 Å². The molecule has 0 unspecified atom stereocenters. The number of hydrogen-bond donors (Lipinski definition) is 1. The summed E-state index contributed by atoms with van der Waals surface area (Å²) >= 11 is 0. The number of carbonyl (C=O) groups excluding carboxylic acids is 2. The number of likely N-dealkylation sites (tertiary alicyclic amines) is 1. The molecule has 1 N–H and O–H groups in total. The fourth-order valence-corrected chi connectivity index (χ4v) is 4.35. The van der Waals surface area contributed by atoms with E-state index >= 15 is 0 Å². The lowest BCUT2D eigenvalue weighted by Crippen LogP contribution is -2.56. The number of hydrogen-bond acceptors (Lipinski definition) is 3. The molecule has 1 aromatic heterocycles. The normalized spacial score (nSPS) is 25.3. The van der Waals surface area contributed by atoms with E-state index < -0.39 is 0 Å². The van der Waals surface area contributed by atoms with Crippen molar-refractivity contribution in [3.8, 4) is 0 Å². The largest absolute Gasteiger partial charge is 0.348 e. The number of benzene rings is 1. The number of amides is 2. The van der Waals surface area contributed by atoms with Crippen molar-refractivity contribution < 1.29 is 9.59 Å². The molecule has 1 aromatic carbocycles. The Hall–Kier alpha value is -2.69. The molecule has 1 spiro atoms. The number of nitrogens with zero attached hydrogens (tertiary/aromatic N) is 2. The van der Waals surface area contributed by atoms with Crippen molar-refractivity contribution in [3.05, 3.63) is 66.0 Å². The second-order valence-corrected chi connectivity index (χ2v) is 7.33. The Morgan fingerprint density at radius 2 is 2.08 bits per heavy atom. The minimum absolute atomic E-state index is 0.0932. The molecule has 2 aromatic rings. The highest BCUT2D eigenvalue weighted by molar-refractivity contribution is 5.81. The molecule has 2 aliphatic heterocycles. The second-order valence-electron chi connectivity index (χ2n) is 7.33. The zero-order valence-corrected chi connectivity index (χ0v) is 14.7. The van der Waals surface area contributed by atoms with E-state index in [4.69, 9.17) is 0 Å². The molecule has 5 heteroatoms. The Balaban J connectivity index is 1.59. The van der Waals surface area contributed by atoms with Crippen LogP contribution in [0.5, 0.6) is 0 Å². The van der Waals surface area contributed by atoms with E-state index in [9.17, 15) is 9.59 Å². The maximum Gasteiger partial charge on any atom is 0.227 e. The highest BCUT2D eigenvalue weighted by Crippen LogP contribution is 2.41. The van der Waals surface area contributed by atoms with Gasteiger partial charge < -0.3 is 10.2 Å². The first kappa shape index (κ1) is 16.8. The van der Waals surface area contributed by atoms with Crippen LogP contribution in [0.25, 0.3) is 0 Å². The van der Waals surface area contributed by atoms with Gasteiger partial charge in [-0.3, -0.25) is 14.6 Å². The molecule has 2 fully saturated rings. The molecule has 134 valence electrons. The van der Waals surface area contributed by atoms with Gasteiger partial charge in [-0.05, 0) is 30.0 Å². The van der Waals surface area contributed by atoms with Crippen molar-refractivity contribution in [1.29, 1.82) is 0 Å². The van der Waals surface area contributed by atoms with Gasteiger partial charge in [-0.25, -0.2) is 0 Å². The van der Waals surface area contributed by atoms with E-state index in [0.717, 1.165) is 18.4 Å². The summed E-state index contributed by atoms with van der Waals surface area (Å²) in [7, 11) is 0. The molecule has 0 bridgehead atoms. The van der Waals surface area contributed by atoms with Crippen LogP contribution in [0.2, 0.25) is 0 Å². The first-order valence-corrected chi connectivity index (χ1v) is 9.19. The zero-order chi connectivity index (χ0) is 18.0. The van der Waals surface area contributed by atoms with Crippen LogP contribution >= 0.6 is 0 Å². The smallest absolute Gasteiger partial charge is 0.227 e. The van der Waals surface area contributed by atoms with Crippen molar-refractivity contribution in [1.82, 2.24) is 15.2 Å². The molecule has 2 aliphatic rings. The predicted octanol–water partition coefficient (Wildman–Crippen LogP) is 2.29. The van der Waals surface area contributed by atoms with Crippen molar-refractivity contribution in [2.45, 2.75) is 37.1 Å². The summed E-state index contributed by atoms with van der Waals surface area (Å²) in [6.45, 7) is 1.22. The van der Waals surface area contributed by atoms with E-state index in [1.807, 2.05) is 35.2 Å². The van der Waals surface area contributed by atoms with Crippen LogP contribution in [0.15, 0.2) is 54.9 Å². The van der Waals surface area contributed by atoms with Crippen molar-refractivity contribution in [2.24, 2.45) is 0 Å². The van der Waals surface area contributed by atoms with Crippen LogP contribution in [-0.2, 0) is 16.0 Å². The summed E-state index contributed by atoms with van der Waals surface area (Å²) in [6, 6.07) is 14.0. The molecule has 0 saturated carbocycles. The Kier molecular flexibility index (Phi) is 4.45. The van der Waals surface area contributed by atoms with Crippen molar-refractivity contribution >= 4 is 11.8 Å². The Labute approximate surface area is 153 Å². The number of pyridine rings is 1. The second kappa shape index (κ2) is 6.90. The van der Waals surface area contributed by atoms with E-state index in [1.54, 1.807) is 12.4 Å². The van der Waals surface area contributed by atoms with Crippen LogP contribution in [-0.4, -0.2) is 40.3 Å². The Morgan fingerprint density at radius 1 is 1.23 bits per heavy atom. The fourth-order valence-electron chi connectivity index (χ4n) is 4.35. The molecule has 0 aliphatic carbocycles. The maximum absolute atomic E-state index is 12.9. The molecule has 5 nitrogen and oxygen atoms in total. The SMILES string of the molecule is O=C1CCC[C@]2(CN(C(=O)Cc3cccnc3)C[C@H]2c2ccccc2)N1. The lowest BCUT2D eigenvalue weighted by atomic mass is 9.76. The lowest BCUT2D eigenvalue weighted by Gasteiger charge is -2.39. The summed E-state index contributed by atoms with van der Waals surface area (Å²) in [5, 5.41) is 3.24. The first-order valence-electron chi connectivity index (χ1n) is 9.19. The van der Waals surface area contributed by atoms with Gasteiger partial charge in [0.1, 0.15) is 0 Å². The number of piperidine rings is 1. The van der Waals surface area contributed by atoms with Crippen LogP contribution in [0.3, 0.4) is 0 Å². The summed E-state index contributed by atoms with van der Waals surface area (Å²) < 4.78 is 0. The van der Waals surface area contributed by atoms with Gasteiger partial charge in [0.05, 0.1) is 12.0 Å². The predicted molar refractivity (Wildman–Crippen MR) is 98.4 cm³/mol. The number of carbonyl (C=O) groups is 2. The third-order valence-corrected chi connectivity index (χ3v) is 5.59. The highest BCUT2D eigenvalue weighted by Gasteiger charge is 2.50. The topological polar surface area (TPSA) is 62.3 Å². The molecular formula is C21H23N3O2. The highest BCUT2D eigenvalue weighted by atomic mass is 16.2. The molecule has 0 radical (unpaired) electrons. The minimum atomic E-state index is -0.346. The van der Waals surface area contributed by atoms with Crippen LogP contribution in [0.1, 0.15) is 36.3 Å². The fraction of sp³-hybridized carbons (Fsp3) is 0.381. The molecular weight excluding hydrogens is 326 g/mol. The molecule has 2 amide bonds. The molecule has 4 rings (SSSR count). The van der Waals surface area contributed by atoms with Crippen molar-refractivity contribution in [2.75, 3.05) is 13.1 Å². The van der Waals surface area contributed by atoms with Gasteiger partial charge in [-0.1, -0.05) is 36.4 Å². The average molecular weight is 349 g/mol. The van der Waals surface area contributed by atoms with Gasteiger partial charge in [-0.15, -0.1) is 0 Å². The van der Waals surface area contributed by atoms with Crippen LogP contribution < -0.4 is 5.32 Å². The van der Waals surface area contributed by atoms with Gasteiger partial charge in [0.2, 0.25) is 11.8 Å². The zero-order valence-electron chi connectivity index (χ0n) is 14.7. The van der Waals surface area contributed by atoms with Gasteiger partial charge in [0.15, 0.2) is 0 Å². The van der Waals surface area contributed by atoms with E-state index in [2.05, 4.69) is 22.4 Å². The van der Waals surface area contributed by atoms with Crippen molar-refractivity contribution in [3.63, 3.8) is 0 Å². The molecule has 2 saturated heterocycles. The summed E-state index contributed by atoms with van der Waals surface area (Å²) in [5.74, 6) is 0.320. The number of aromatic nitrogens is 1. The van der Waals surface area contributed by atoms with E-state index in [1.165, 1.54) is 5.56 Å². The van der Waals surface area contributed by atoms with Crippen LogP contribution in [0, 0.1) is 0 Å². The monoisotopic (exact) mass is 349 g/mol. The minimum Gasteiger partial charge on any atom is -0.348 e. The third-order valence-electron chi connectivity index (χ3n) is 5.59. The van der Waals surface area contributed by atoms with E-state index in [0.29, 0.717) is 25.9 Å². The molecule has 2 atom stereocenters. The average Bonchev–Trinajstić information content (AvgIpc) is 3.02. The van der Waals surface area contributed by atoms with Crippen LogP contribution in [0.4, 0.5) is 0 Å². The standard InChI is InChI=1S/C21H23N3O2/c25-19-9-4-10-21(23-19)15-24(14-18(21)17-7-2-1-3-8-17)20(26)12-16-6-5-11-22-13-16/h1-3,5-8,11,13,18H,4,9-10,12,14-15H2,(H,23,25)/t18-,21+/m0/s1. The number of rotatable bonds is 3. The lowest BCUT2D eigenvalue weighted by molar-refractivity contribution is -0.131. The van der Waals surface area contributed by atoms with E-state index in [-0.39, 0.29) is 23.3 Å². The Morgan fingerprint density at radius 3 is 2.81 bits per heavy atom. The van der Waals surface area contributed by atoms with Gasteiger partial charge in [0, 0.05) is 37.8 Å². The number of nitrogens with one attached hydrogen (secondary N) is 1. The summed E-state index contributed by atoms with van der Waals surface area (Å²) in [5.41, 5.74) is 1.76. The first-order chi connectivity index (χ1) is 12.7. The van der Waals surface area contributed by atoms with Gasteiger partial charge in [0.25, 0.3) is 0 Å². The summed E-state index contributed by atoms with van der Waals surface area (Å²) in [6.07, 6.45) is 6.16.